The molecule has 6 nitrogen and oxygen atoms in total. The van der Waals surface area contributed by atoms with E-state index in [-0.39, 0.29) is 35.9 Å². The van der Waals surface area contributed by atoms with Crippen LogP contribution < -0.4 is 5.32 Å². The van der Waals surface area contributed by atoms with Gasteiger partial charge in [0.25, 0.3) is 0 Å². The Kier molecular flexibility index (Phi) is 10.2. The first-order valence-corrected chi connectivity index (χ1v) is 13.6. The van der Waals surface area contributed by atoms with Gasteiger partial charge in [0.05, 0.1) is 21.1 Å². The number of nitrogens with zero attached hydrogens (tertiary/aromatic N) is 1. The molecule has 1 aliphatic rings. The maximum atomic E-state index is 13.5. The van der Waals surface area contributed by atoms with Crippen LogP contribution in [0.2, 0.25) is 0 Å². The monoisotopic (exact) mass is 498 g/mol. The van der Waals surface area contributed by atoms with Crippen molar-refractivity contribution in [2.24, 2.45) is 11.8 Å². The van der Waals surface area contributed by atoms with Gasteiger partial charge in [0.2, 0.25) is 5.91 Å². The number of ketones is 2. The third kappa shape index (κ3) is 7.80. The van der Waals surface area contributed by atoms with Crippen molar-refractivity contribution >= 4 is 39.0 Å². The molecule has 2 aromatic rings. The lowest BCUT2D eigenvalue weighted by Gasteiger charge is -2.32. The third-order valence-electron chi connectivity index (χ3n) is 6.88. The molecule has 1 N–H and O–H groups in total. The van der Waals surface area contributed by atoms with Crippen molar-refractivity contribution in [3.05, 3.63) is 41.4 Å². The lowest BCUT2D eigenvalue weighted by atomic mass is 9.87. The maximum absolute atomic E-state index is 13.5. The minimum atomic E-state index is -0.481. The van der Waals surface area contributed by atoms with Gasteiger partial charge in [-0.3, -0.25) is 14.4 Å². The highest BCUT2D eigenvalue weighted by Gasteiger charge is 2.30. The average Bonchev–Trinajstić information content (AvgIpc) is 3.27. The van der Waals surface area contributed by atoms with Crippen LogP contribution in [0.5, 0.6) is 0 Å². The summed E-state index contributed by atoms with van der Waals surface area (Å²) in [4.78, 5) is 42.5. The van der Waals surface area contributed by atoms with E-state index in [0.29, 0.717) is 44.8 Å². The van der Waals surface area contributed by atoms with E-state index in [2.05, 4.69) is 37.9 Å². The van der Waals surface area contributed by atoms with E-state index < -0.39 is 5.92 Å². The molecule has 7 heteroatoms. The number of fused-ring (bicyclic) bond motifs is 1. The minimum Gasteiger partial charge on any atom is -0.381 e. The van der Waals surface area contributed by atoms with Crippen LogP contribution >= 0.6 is 11.3 Å². The van der Waals surface area contributed by atoms with Gasteiger partial charge in [-0.25, -0.2) is 4.98 Å². The number of benzene rings is 1. The second-order valence-corrected chi connectivity index (χ2v) is 10.9. The number of aromatic nitrogens is 1. The summed E-state index contributed by atoms with van der Waals surface area (Å²) in [7, 11) is 0. The lowest BCUT2D eigenvalue weighted by Crippen LogP contribution is -2.45. The van der Waals surface area contributed by atoms with E-state index in [4.69, 9.17) is 9.72 Å². The summed E-state index contributed by atoms with van der Waals surface area (Å²) < 4.78 is 6.61. The molecule has 1 saturated heterocycles. The van der Waals surface area contributed by atoms with Crippen LogP contribution in [0, 0.1) is 11.8 Å². The average molecular weight is 499 g/mol. The Labute approximate surface area is 212 Å². The molecule has 0 bridgehead atoms. The van der Waals surface area contributed by atoms with Gasteiger partial charge in [0.15, 0.2) is 5.78 Å². The number of Topliss-reactive ketones (excluding diaryl/α,β-unsaturated/α-hetero) is 1. The highest BCUT2D eigenvalue weighted by molar-refractivity contribution is 7.18. The Balaban J connectivity index is 1.78. The van der Waals surface area contributed by atoms with E-state index in [0.717, 1.165) is 28.1 Å². The zero-order valence-corrected chi connectivity index (χ0v) is 22.0. The second-order valence-electron chi connectivity index (χ2n) is 9.76. The Bertz CT molecular complexity index is 1040. The number of nitrogens with one attached hydrogen (secondary N) is 1. The number of ether oxygens (including phenoxy) is 1. The van der Waals surface area contributed by atoms with Gasteiger partial charge in [-0.1, -0.05) is 33.4 Å². The molecule has 2 atom stereocenters. The van der Waals surface area contributed by atoms with Crippen molar-refractivity contribution in [1.29, 1.82) is 0 Å². The zero-order chi connectivity index (χ0) is 25.4. The van der Waals surface area contributed by atoms with Crippen molar-refractivity contribution in [2.45, 2.75) is 77.7 Å². The molecule has 0 radical (unpaired) electrons. The molecule has 35 heavy (non-hydrogen) atoms. The summed E-state index contributed by atoms with van der Waals surface area (Å²) in [5.41, 5.74) is 2.19. The minimum absolute atomic E-state index is 0.0238. The highest BCUT2D eigenvalue weighted by atomic mass is 32.1. The standard InChI is InChI=1S/C28H38N2O4S/c1-5-22(31)8-10-24(19-11-13-34-14-12-19)30-28(33)21(15-23(32)6-2)17-27-29-25-9-7-20(18(3)4)16-26(25)35-27/h5,7,9,16,18-19,21,24H,1,6,8,10-15,17H2,2-4H3,(H,30,33)/t21-,24+/m0/s1. The number of thiazole rings is 1. The van der Waals surface area contributed by atoms with Crippen molar-refractivity contribution in [2.75, 3.05) is 13.2 Å². The number of allylic oxidation sites excluding steroid dienone is 1. The fourth-order valence-corrected chi connectivity index (χ4v) is 5.66. The number of rotatable bonds is 13. The summed E-state index contributed by atoms with van der Waals surface area (Å²) in [6, 6.07) is 6.18. The van der Waals surface area contributed by atoms with E-state index in [9.17, 15) is 14.4 Å². The fraction of sp³-hybridized carbons (Fsp3) is 0.571. The molecule has 0 aliphatic carbocycles. The second kappa shape index (κ2) is 13.1. The molecule has 0 saturated carbocycles. The van der Waals surface area contributed by atoms with E-state index in [1.807, 2.05) is 13.0 Å². The van der Waals surface area contributed by atoms with Crippen LogP contribution in [0.15, 0.2) is 30.9 Å². The van der Waals surface area contributed by atoms with Crippen molar-refractivity contribution in [3.8, 4) is 0 Å². The number of amides is 1. The molecular formula is C28H38N2O4S. The van der Waals surface area contributed by atoms with Crippen molar-refractivity contribution in [3.63, 3.8) is 0 Å². The first-order valence-electron chi connectivity index (χ1n) is 12.7. The van der Waals surface area contributed by atoms with Gasteiger partial charge in [0, 0.05) is 44.9 Å². The van der Waals surface area contributed by atoms with Crippen LogP contribution in [-0.2, 0) is 25.5 Å². The number of carbonyl (C=O) groups excluding carboxylic acids is 3. The third-order valence-corrected chi connectivity index (χ3v) is 7.92. The SMILES string of the molecule is C=CC(=O)CC[C@@H](NC(=O)[C@@H](CC(=O)CC)Cc1nc2ccc(C(C)C)cc2s1)C1CCOCC1. The quantitative estimate of drug-likeness (QED) is 0.374. The molecule has 1 amide bonds. The molecule has 1 aromatic heterocycles. The van der Waals surface area contributed by atoms with Gasteiger partial charge < -0.3 is 10.1 Å². The topological polar surface area (TPSA) is 85.4 Å². The molecule has 3 rings (SSSR count). The van der Waals surface area contributed by atoms with Gasteiger partial charge in [-0.15, -0.1) is 11.3 Å². The van der Waals surface area contributed by atoms with Gasteiger partial charge >= 0.3 is 0 Å². The lowest BCUT2D eigenvalue weighted by molar-refractivity contribution is -0.130. The largest absolute Gasteiger partial charge is 0.381 e. The number of carbonyl (C=O) groups is 3. The van der Waals surface area contributed by atoms with Crippen molar-refractivity contribution in [1.82, 2.24) is 10.3 Å². The summed E-state index contributed by atoms with van der Waals surface area (Å²) in [6.07, 6.45) is 4.97. The predicted octanol–water partition coefficient (Wildman–Crippen LogP) is 5.39. The summed E-state index contributed by atoms with van der Waals surface area (Å²) >= 11 is 1.60. The summed E-state index contributed by atoms with van der Waals surface area (Å²) in [5, 5.41) is 4.09. The Hall–Kier alpha value is -2.38. The molecule has 0 unspecified atom stereocenters. The van der Waals surface area contributed by atoms with Crippen LogP contribution in [-0.4, -0.2) is 41.7 Å². The normalized spacial score (nSPS) is 16.2. The highest BCUT2D eigenvalue weighted by Crippen LogP contribution is 2.29. The van der Waals surface area contributed by atoms with Crippen LogP contribution in [0.4, 0.5) is 0 Å². The molecule has 2 heterocycles. The molecular weight excluding hydrogens is 460 g/mol. The smallest absolute Gasteiger partial charge is 0.224 e. The van der Waals surface area contributed by atoms with Crippen LogP contribution in [0.3, 0.4) is 0 Å². The van der Waals surface area contributed by atoms with Gasteiger partial charge in [0.1, 0.15) is 5.78 Å². The molecule has 1 fully saturated rings. The van der Waals surface area contributed by atoms with Gasteiger partial charge in [-0.05, 0) is 54.9 Å². The first-order chi connectivity index (χ1) is 16.8. The molecule has 1 aliphatic heterocycles. The fourth-order valence-electron chi connectivity index (χ4n) is 4.57. The van der Waals surface area contributed by atoms with E-state index in [1.165, 1.54) is 11.6 Å². The van der Waals surface area contributed by atoms with Crippen molar-refractivity contribution < 1.29 is 19.1 Å². The zero-order valence-electron chi connectivity index (χ0n) is 21.2. The van der Waals surface area contributed by atoms with E-state index >= 15 is 0 Å². The Morgan fingerprint density at radius 1 is 1.26 bits per heavy atom. The molecule has 0 spiro atoms. The number of hydrogen-bond acceptors (Lipinski definition) is 6. The number of hydrogen-bond donors (Lipinski definition) is 1. The maximum Gasteiger partial charge on any atom is 0.224 e. The van der Waals surface area contributed by atoms with Gasteiger partial charge in [-0.2, -0.15) is 0 Å². The molecule has 1 aromatic carbocycles. The predicted molar refractivity (Wildman–Crippen MR) is 141 cm³/mol. The Morgan fingerprint density at radius 2 is 2.00 bits per heavy atom. The first kappa shape index (κ1) is 27.2. The van der Waals surface area contributed by atoms with Crippen LogP contribution in [0.25, 0.3) is 10.2 Å². The summed E-state index contributed by atoms with van der Waals surface area (Å²) in [6.45, 7) is 11.0. The Morgan fingerprint density at radius 3 is 2.66 bits per heavy atom. The van der Waals surface area contributed by atoms with Crippen LogP contribution in [0.1, 0.15) is 75.8 Å². The van der Waals surface area contributed by atoms with E-state index in [1.54, 1.807) is 11.3 Å². The molecule has 190 valence electrons. The summed E-state index contributed by atoms with van der Waals surface area (Å²) in [5.74, 6) is 0.119.